The summed E-state index contributed by atoms with van der Waals surface area (Å²) in [5, 5.41) is 41.8. The fourth-order valence-electron chi connectivity index (χ4n) is 11.6. The maximum atomic E-state index is 12.9. The summed E-state index contributed by atoms with van der Waals surface area (Å²) in [7, 11) is 0. The molecule has 216 valence electrons. The van der Waals surface area contributed by atoms with Gasteiger partial charge in [-0.2, -0.15) is 5.26 Å². The topological polar surface area (TPSA) is 119 Å². The first kappa shape index (κ1) is 28.7. The third-order valence-electron chi connectivity index (χ3n) is 13.9. The Kier molecular flexibility index (Phi) is 6.47. The highest BCUT2D eigenvalue weighted by atomic mass is 16.4. The van der Waals surface area contributed by atoms with E-state index >= 15 is 0 Å². The molecule has 6 nitrogen and oxygen atoms in total. The monoisotopic (exact) mass is 539 g/mol. The van der Waals surface area contributed by atoms with Crippen LogP contribution in [0.25, 0.3) is 0 Å². The second kappa shape index (κ2) is 8.81. The molecule has 0 aliphatic heterocycles. The fourth-order valence-corrected chi connectivity index (χ4v) is 11.6. The number of aliphatic hydroxyl groups is 1. The molecule has 4 fully saturated rings. The van der Waals surface area contributed by atoms with Crippen LogP contribution in [0.5, 0.6) is 0 Å². The molecule has 0 aromatic heterocycles. The smallest absolute Gasteiger partial charge is 0.310 e. The number of nitrogens with zero attached hydrogens (tertiary/aromatic N) is 1. The van der Waals surface area contributed by atoms with Crippen LogP contribution in [-0.4, -0.2) is 33.9 Å². The first-order valence-corrected chi connectivity index (χ1v) is 15.2. The molecule has 5 unspecified atom stereocenters. The molecule has 0 radical (unpaired) electrons. The lowest BCUT2D eigenvalue weighted by Gasteiger charge is -2.72. The van der Waals surface area contributed by atoms with E-state index in [-0.39, 0.29) is 58.4 Å². The van der Waals surface area contributed by atoms with E-state index in [0.29, 0.717) is 12.8 Å². The second-order valence-electron chi connectivity index (χ2n) is 16.0. The summed E-state index contributed by atoms with van der Waals surface area (Å²) in [6.45, 7) is 13.6. The van der Waals surface area contributed by atoms with Crippen LogP contribution in [0.1, 0.15) is 106 Å². The number of aliphatic hydroxyl groups excluding tert-OH is 1. The van der Waals surface area contributed by atoms with Gasteiger partial charge in [0, 0.05) is 18.4 Å². The lowest BCUT2D eigenvalue weighted by molar-refractivity contribution is -0.222. The zero-order valence-electron chi connectivity index (χ0n) is 24.8. The molecule has 5 aliphatic rings. The predicted octanol–water partition coefficient (Wildman–Crippen LogP) is 6.69. The van der Waals surface area contributed by atoms with Crippen molar-refractivity contribution in [2.24, 2.45) is 62.1 Å². The average molecular weight is 540 g/mol. The molecule has 5 rings (SSSR count). The van der Waals surface area contributed by atoms with E-state index in [9.17, 15) is 30.2 Å². The Morgan fingerprint density at radius 2 is 1.64 bits per heavy atom. The molecular formula is C33H49NO5. The van der Waals surface area contributed by atoms with Crippen LogP contribution in [-0.2, 0) is 9.59 Å². The largest absolute Gasteiger partial charge is 0.481 e. The van der Waals surface area contributed by atoms with E-state index in [1.54, 1.807) is 0 Å². The Morgan fingerprint density at radius 1 is 0.974 bits per heavy atom. The van der Waals surface area contributed by atoms with E-state index in [0.717, 1.165) is 44.9 Å². The summed E-state index contributed by atoms with van der Waals surface area (Å²) < 4.78 is 0. The minimum Gasteiger partial charge on any atom is -0.481 e. The molecule has 0 heterocycles. The predicted molar refractivity (Wildman–Crippen MR) is 148 cm³/mol. The van der Waals surface area contributed by atoms with Gasteiger partial charge in [0.2, 0.25) is 0 Å². The van der Waals surface area contributed by atoms with Gasteiger partial charge in [-0.3, -0.25) is 9.59 Å². The van der Waals surface area contributed by atoms with Gasteiger partial charge in [0.15, 0.2) is 0 Å². The summed E-state index contributed by atoms with van der Waals surface area (Å²) in [5.41, 5.74) is -0.350. The third-order valence-corrected chi connectivity index (χ3v) is 13.9. The Bertz CT molecular complexity index is 1130. The zero-order valence-corrected chi connectivity index (χ0v) is 24.8. The summed E-state index contributed by atoms with van der Waals surface area (Å²) in [4.78, 5) is 24.7. The number of fused-ring (bicyclic) bond motifs is 7. The lowest BCUT2D eigenvalue weighted by atomic mass is 9.32. The van der Waals surface area contributed by atoms with Crippen LogP contribution in [0.15, 0.2) is 11.6 Å². The molecular weight excluding hydrogens is 490 g/mol. The highest BCUT2D eigenvalue weighted by molar-refractivity contribution is 5.76. The van der Waals surface area contributed by atoms with Gasteiger partial charge in [0.1, 0.15) is 0 Å². The maximum absolute atomic E-state index is 12.9. The quantitative estimate of drug-likeness (QED) is 0.343. The van der Waals surface area contributed by atoms with Gasteiger partial charge < -0.3 is 15.3 Å². The molecule has 0 saturated heterocycles. The van der Waals surface area contributed by atoms with Crippen molar-refractivity contribution in [2.75, 3.05) is 6.61 Å². The number of carboxylic acid groups (broad SMARTS) is 2. The van der Waals surface area contributed by atoms with Crippen molar-refractivity contribution in [1.82, 2.24) is 0 Å². The first-order chi connectivity index (χ1) is 18.0. The van der Waals surface area contributed by atoms with Crippen molar-refractivity contribution in [2.45, 2.75) is 106 Å². The molecule has 0 bridgehead atoms. The van der Waals surface area contributed by atoms with Crippen LogP contribution in [0.4, 0.5) is 0 Å². The van der Waals surface area contributed by atoms with E-state index < -0.39 is 28.7 Å². The van der Waals surface area contributed by atoms with Crippen LogP contribution < -0.4 is 0 Å². The highest BCUT2D eigenvalue weighted by Gasteiger charge is 2.71. The van der Waals surface area contributed by atoms with Crippen molar-refractivity contribution >= 4 is 11.9 Å². The minimum atomic E-state index is -0.859. The van der Waals surface area contributed by atoms with E-state index in [1.165, 1.54) is 5.57 Å². The van der Waals surface area contributed by atoms with Gasteiger partial charge in [-0.05, 0) is 103 Å². The summed E-state index contributed by atoms with van der Waals surface area (Å²) >= 11 is 0. The molecule has 0 aromatic rings. The SMILES string of the molecule is CC1(C)CC[C@]2(C(=O)O)CC[C@]3(C)C(=CCC4[C@@]5(CO)CC(C#N)C(CC(=O)O)C(C)(C)C5CC[C@]43C)C2C1. The first-order valence-electron chi connectivity index (χ1n) is 15.2. The van der Waals surface area contributed by atoms with Crippen LogP contribution >= 0.6 is 0 Å². The van der Waals surface area contributed by atoms with Crippen LogP contribution in [0, 0.1) is 73.4 Å². The minimum absolute atomic E-state index is 0.00804. The number of rotatable bonds is 4. The number of allylic oxidation sites excluding steroid dienone is 2. The van der Waals surface area contributed by atoms with Gasteiger partial charge in [0.25, 0.3) is 0 Å². The van der Waals surface area contributed by atoms with E-state index in [1.807, 2.05) is 0 Å². The number of carbonyl (C=O) groups is 2. The maximum Gasteiger partial charge on any atom is 0.310 e. The Balaban J connectivity index is 1.62. The molecule has 0 aromatic carbocycles. The second-order valence-corrected chi connectivity index (χ2v) is 16.0. The van der Waals surface area contributed by atoms with Crippen molar-refractivity contribution < 1.29 is 24.9 Å². The molecule has 3 N–H and O–H groups in total. The highest BCUT2D eigenvalue weighted by Crippen LogP contribution is 2.76. The summed E-state index contributed by atoms with van der Waals surface area (Å²) in [6, 6.07) is 2.49. The summed E-state index contributed by atoms with van der Waals surface area (Å²) in [5.74, 6) is -1.81. The number of aliphatic carboxylic acids is 2. The van der Waals surface area contributed by atoms with Gasteiger partial charge in [-0.25, -0.2) is 0 Å². The van der Waals surface area contributed by atoms with Crippen molar-refractivity contribution in [3.8, 4) is 6.07 Å². The molecule has 4 saturated carbocycles. The average Bonchev–Trinajstić information content (AvgIpc) is 2.85. The Morgan fingerprint density at radius 3 is 2.23 bits per heavy atom. The van der Waals surface area contributed by atoms with Crippen molar-refractivity contribution in [3.05, 3.63) is 11.6 Å². The van der Waals surface area contributed by atoms with E-state index in [4.69, 9.17) is 0 Å². The normalized spacial score (nSPS) is 47.7. The van der Waals surface area contributed by atoms with Crippen molar-refractivity contribution in [1.29, 1.82) is 5.26 Å². The third kappa shape index (κ3) is 3.67. The Labute approximate surface area is 234 Å². The van der Waals surface area contributed by atoms with Gasteiger partial charge >= 0.3 is 11.9 Å². The number of nitriles is 1. The molecule has 9 atom stereocenters. The number of hydrogen-bond donors (Lipinski definition) is 3. The number of carboxylic acids is 2. The van der Waals surface area contributed by atoms with Crippen LogP contribution in [0.3, 0.4) is 0 Å². The number of hydrogen-bond acceptors (Lipinski definition) is 4. The molecule has 0 amide bonds. The van der Waals surface area contributed by atoms with Gasteiger partial charge in [-0.1, -0.05) is 53.2 Å². The van der Waals surface area contributed by atoms with E-state index in [2.05, 4.69) is 53.7 Å². The molecule has 0 spiro atoms. The van der Waals surface area contributed by atoms with Gasteiger partial charge in [0.05, 0.1) is 17.4 Å². The fraction of sp³-hybridized carbons (Fsp3) is 0.848. The molecule has 5 aliphatic carbocycles. The molecule has 39 heavy (non-hydrogen) atoms. The zero-order chi connectivity index (χ0) is 28.8. The lowest BCUT2D eigenvalue weighted by Crippen LogP contribution is -2.67. The standard InChI is InChI=1S/C33H49NO5/c1-28(2)11-13-32(27(38)39)14-12-30(5)21(23(32)17-28)7-8-25-31(30,6)10-9-24-29(3,4)22(15-26(36)37)20(18-34)16-33(24,25)19-35/h7,20,22-25,35H,8-17,19H2,1-6H3,(H,36,37)(H,38,39)/t20?,22?,23?,24?,25?,30-,31-,32+,33-/m1/s1. The Hall–Kier alpha value is -1.87. The van der Waals surface area contributed by atoms with Crippen LogP contribution in [0.2, 0.25) is 0 Å². The molecule has 6 heteroatoms. The van der Waals surface area contributed by atoms with Gasteiger partial charge in [-0.15, -0.1) is 0 Å². The van der Waals surface area contributed by atoms with Crippen molar-refractivity contribution in [3.63, 3.8) is 0 Å². The summed E-state index contributed by atoms with van der Waals surface area (Å²) in [6.07, 6.45) is 9.70.